The summed E-state index contributed by atoms with van der Waals surface area (Å²) in [6.45, 7) is 1.79. The summed E-state index contributed by atoms with van der Waals surface area (Å²) in [5.41, 5.74) is 1.26. The molecule has 3 rings (SSSR count). The molecule has 1 aromatic heterocycles. The highest BCUT2D eigenvalue weighted by Gasteiger charge is 2.07. The molecule has 0 bridgehead atoms. The summed E-state index contributed by atoms with van der Waals surface area (Å²) in [6.07, 6.45) is 0. The largest absolute Gasteiger partial charge is 0.339 e. The molecule has 2 aromatic carbocycles. The standard InChI is InChI=1S/C17H14BrFN4/c1-11-20-16(22-14-8-4-2-6-12(14)18)10-17(21-11)23-15-9-5-3-7-13(15)19/h2-10H,1H3,(H2,20,21,22,23). The van der Waals surface area contributed by atoms with Crippen molar-refractivity contribution in [1.29, 1.82) is 0 Å². The SMILES string of the molecule is Cc1nc(Nc2ccccc2F)cc(Nc2ccccc2Br)n1. The van der Waals surface area contributed by atoms with Gasteiger partial charge in [0.25, 0.3) is 0 Å². The third kappa shape index (κ3) is 3.84. The average Bonchev–Trinajstić information content (AvgIpc) is 2.51. The summed E-state index contributed by atoms with van der Waals surface area (Å²) in [4.78, 5) is 8.65. The highest BCUT2D eigenvalue weighted by molar-refractivity contribution is 9.10. The Morgan fingerprint density at radius 1 is 0.870 bits per heavy atom. The lowest BCUT2D eigenvalue weighted by molar-refractivity contribution is 0.632. The van der Waals surface area contributed by atoms with Crippen molar-refractivity contribution < 1.29 is 4.39 Å². The molecule has 2 N–H and O–H groups in total. The van der Waals surface area contributed by atoms with Gasteiger partial charge in [-0.15, -0.1) is 0 Å². The van der Waals surface area contributed by atoms with Crippen molar-refractivity contribution in [3.8, 4) is 0 Å². The fourth-order valence-corrected chi connectivity index (χ4v) is 2.48. The summed E-state index contributed by atoms with van der Waals surface area (Å²) >= 11 is 3.48. The number of rotatable bonds is 4. The summed E-state index contributed by atoms with van der Waals surface area (Å²) in [6, 6.07) is 15.9. The van der Waals surface area contributed by atoms with Gasteiger partial charge in [-0.3, -0.25) is 0 Å². The van der Waals surface area contributed by atoms with Crippen LogP contribution in [0.15, 0.2) is 59.1 Å². The quantitative estimate of drug-likeness (QED) is 0.662. The fraction of sp³-hybridized carbons (Fsp3) is 0.0588. The molecule has 23 heavy (non-hydrogen) atoms. The molecule has 6 heteroatoms. The Morgan fingerprint density at radius 3 is 2.09 bits per heavy atom. The van der Waals surface area contributed by atoms with Gasteiger partial charge in [0.15, 0.2) is 0 Å². The Bertz CT molecular complexity index is 773. The van der Waals surface area contributed by atoms with Gasteiger partial charge in [-0.2, -0.15) is 0 Å². The smallest absolute Gasteiger partial charge is 0.146 e. The number of para-hydroxylation sites is 2. The second kappa shape index (κ2) is 6.75. The second-order valence-corrected chi connectivity index (χ2v) is 5.75. The lowest BCUT2D eigenvalue weighted by Crippen LogP contribution is -2.02. The molecule has 4 nitrogen and oxygen atoms in total. The van der Waals surface area contributed by atoms with Crippen molar-refractivity contribution in [2.45, 2.75) is 6.92 Å². The van der Waals surface area contributed by atoms with Crippen LogP contribution in [0.2, 0.25) is 0 Å². The van der Waals surface area contributed by atoms with E-state index in [4.69, 9.17) is 0 Å². The number of aromatic nitrogens is 2. The van der Waals surface area contributed by atoms with Crippen LogP contribution in [0, 0.1) is 12.7 Å². The topological polar surface area (TPSA) is 49.8 Å². The van der Waals surface area contributed by atoms with Gasteiger partial charge < -0.3 is 10.6 Å². The van der Waals surface area contributed by atoms with Gasteiger partial charge in [0.05, 0.1) is 11.4 Å². The van der Waals surface area contributed by atoms with Gasteiger partial charge >= 0.3 is 0 Å². The minimum Gasteiger partial charge on any atom is -0.339 e. The van der Waals surface area contributed by atoms with Crippen LogP contribution >= 0.6 is 15.9 Å². The van der Waals surface area contributed by atoms with Crippen LogP contribution in [0.5, 0.6) is 0 Å². The van der Waals surface area contributed by atoms with Gasteiger partial charge in [-0.05, 0) is 47.1 Å². The molecule has 0 spiro atoms. The first-order chi connectivity index (χ1) is 11.1. The highest BCUT2D eigenvalue weighted by atomic mass is 79.9. The molecule has 0 aliphatic rings. The number of nitrogens with zero attached hydrogens (tertiary/aromatic N) is 2. The predicted molar refractivity (Wildman–Crippen MR) is 93.9 cm³/mol. The van der Waals surface area contributed by atoms with Gasteiger partial charge in [-0.25, -0.2) is 14.4 Å². The van der Waals surface area contributed by atoms with Crippen LogP contribution in [-0.2, 0) is 0 Å². The van der Waals surface area contributed by atoms with Crippen molar-refractivity contribution in [1.82, 2.24) is 9.97 Å². The lowest BCUT2D eigenvalue weighted by atomic mass is 10.3. The molecule has 0 saturated heterocycles. The molecular weight excluding hydrogens is 359 g/mol. The number of hydrogen-bond donors (Lipinski definition) is 2. The molecule has 0 fully saturated rings. The van der Waals surface area contributed by atoms with Crippen LogP contribution in [0.4, 0.5) is 27.4 Å². The third-order valence-electron chi connectivity index (χ3n) is 3.11. The fourth-order valence-electron chi connectivity index (χ4n) is 2.10. The van der Waals surface area contributed by atoms with E-state index in [-0.39, 0.29) is 5.82 Å². The number of anilines is 4. The van der Waals surface area contributed by atoms with Crippen LogP contribution in [-0.4, -0.2) is 9.97 Å². The Hall–Kier alpha value is -2.47. The van der Waals surface area contributed by atoms with E-state index >= 15 is 0 Å². The molecular formula is C17H14BrFN4. The van der Waals surface area contributed by atoms with Crippen molar-refractivity contribution >= 4 is 38.9 Å². The first kappa shape index (κ1) is 15.4. The van der Waals surface area contributed by atoms with Crippen molar-refractivity contribution in [3.05, 3.63) is 70.7 Å². The van der Waals surface area contributed by atoms with E-state index in [2.05, 4.69) is 36.5 Å². The minimum absolute atomic E-state index is 0.330. The first-order valence-electron chi connectivity index (χ1n) is 7.00. The predicted octanol–water partition coefficient (Wildman–Crippen LogP) is 5.17. The summed E-state index contributed by atoms with van der Waals surface area (Å²) in [7, 11) is 0. The Kier molecular flexibility index (Phi) is 4.52. The molecule has 0 radical (unpaired) electrons. The number of halogens is 2. The maximum absolute atomic E-state index is 13.7. The molecule has 116 valence electrons. The first-order valence-corrected chi connectivity index (χ1v) is 7.80. The highest BCUT2D eigenvalue weighted by Crippen LogP contribution is 2.26. The van der Waals surface area contributed by atoms with Crippen LogP contribution < -0.4 is 10.6 Å². The number of benzene rings is 2. The van der Waals surface area contributed by atoms with E-state index in [1.807, 2.05) is 24.3 Å². The van der Waals surface area contributed by atoms with E-state index < -0.39 is 0 Å². The van der Waals surface area contributed by atoms with Crippen LogP contribution in [0.25, 0.3) is 0 Å². The van der Waals surface area contributed by atoms with E-state index in [0.29, 0.717) is 23.1 Å². The van der Waals surface area contributed by atoms with Crippen molar-refractivity contribution in [3.63, 3.8) is 0 Å². The van der Waals surface area contributed by atoms with E-state index in [9.17, 15) is 4.39 Å². The zero-order valence-corrected chi connectivity index (χ0v) is 13.9. The molecule has 0 unspecified atom stereocenters. The van der Waals surface area contributed by atoms with Crippen LogP contribution in [0.1, 0.15) is 5.82 Å². The summed E-state index contributed by atoms with van der Waals surface area (Å²) < 4.78 is 14.7. The summed E-state index contributed by atoms with van der Waals surface area (Å²) in [5, 5.41) is 6.20. The van der Waals surface area contributed by atoms with E-state index in [1.54, 1.807) is 31.2 Å². The monoisotopic (exact) mass is 372 g/mol. The zero-order valence-electron chi connectivity index (χ0n) is 12.3. The summed E-state index contributed by atoms with van der Waals surface area (Å²) in [5.74, 6) is 1.41. The second-order valence-electron chi connectivity index (χ2n) is 4.90. The van der Waals surface area contributed by atoms with Crippen LogP contribution in [0.3, 0.4) is 0 Å². The molecule has 0 atom stereocenters. The van der Waals surface area contributed by atoms with Gasteiger partial charge in [0.1, 0.15) is 23.3 Å². The molecule has 3 aromatic rings. The van der Waals surface area contributed by atoms with Gasteiger partial charge in [-0.1, -0.05) is 24.3 Å². The lowest BCUT2D eigenvalue weighted by Gasteiger charge is -2.11. The van der Waals surface area contributed by atoms with E-state index in [1.165, 1.54) is 6.07 Å². The van der Waals surface area contributed by atoms with Gasteiger partial charge in [0, 0.05) is 10.5 Å². The maximum atomic E-state index is 13.7. The van der Waals surface area contributed by atoms with Crippen molar-refractivity contribution in [2.24, 2.45) is 0 Å². The third-order valence-corrected chi connectivity index (χ3v) is 3.80. The normalized spacial score (nSPS) is 10.4. The maximum Gasteiger partial charge on any atom is 0.146 e. The molecule has 1 heterocycles. The van der Waals surface area contributed by atoms with Gasteiger partial charge in [0.2, 0.25) is 0 Å². The Labute approximate surface area is 141 Å². The molecule has 0 amide bonds. The van der Waals surface area contributed by atoms with E-state index in [0.717, 1.165) is 10.2 Å². The molecule has 0 saturated carbocycles. The Balaban J connectivity index is 1.88. The number of hydrogen-bond acceptors (Lipinski definition) is 4. The minimum atomic E-state index is -0.330. The number of aryl methyl sites for hydroxylation is 1. The zero-order chi connectivity index (χ0) is 16.2. The molecule has 0 aliphatic heterocycles. The Morgan fingerprint density at radius 2 is 1.43 bits per heavy atom. The average molecular weight is 373 g/mol. The molecule has 0 aliphatic carbocycles. The number of nitrogens with one attached hydrogen (secondary N) is 2. The van der Waals surface area contributed by atoms with Crippen molar-refractivity contribution in [2.75, 3.05) is 10.6 Å².